The average Bonchev–Trinajstić information content (AvgIpc) is 2.60. The molecule has 0 aliphatic carbocycles. The molecule has 0 unspecified atom stereocenters. The Bertz CT molecular complexity index is 893. The van der Waals surface area contributed by atoms with E-state index in [0.717, 1.165) is 22.9 Å². The number of hydrogen-bond acceptors (Lipinski definition) is 2. The van der Waals surface area contributed by atoms with Crippen LogP contribution in [0.25, 0.3) is 10.9 Å². The number of pyridine rings is 1. The van der Waals surface area contributed by atoms with Crippen LogP contribution in [0.1, 0.15) is 23.6 Å². The summed E-state index contributed by atoms with van der Waals surface area (Å²) >= 11 is 6.36. The summed E-state index contributed by atoms with van der Waals surface area (Å²) in [6, 6.07) is 18.3. The molecular weight excluding hydrogens is 332 g/mol. The molecule has 0 saturated carbocycles. The Morgan fingerprint density at radius 1 is 1.12 bits per heavy atom. The number of benzene rings is 2. The van der Waals surface area contributed by atoms with Gasteiger partial charge in [0, 0.05) is 31.0 Å². The van der Waals surface area contributed by atoms with Gasteiger partial charge in [0.2, 0.25) is 5.91 Å². The van der Waals surface area contributed by atoms with Crippen LogP contribution < -0.4 is 0 Å². The van der Waals surface area contributed by atoms with Gasteiger partial charge in [0.05, 0.1) is 5.52 Å². The largest absolute Gasteiger partial charge is 0.338 e. The molecule has 0 bridgehead atoms. The smallest absolute Gasteiger partial charge is 0.219 e. The van der Waals surface area contributed by atoms with E-state index in [1.54, 1.807) is 6.92 Å². The number of nitrogens with zero attached hydrogens (tertiary/aromatic N) is 2. The number of carbonyl (C=O) groups is 1. The molecule has 0 aliphatic heterocycles. The lowest BCUT2D eigenvalue weighted by molar-refractivity contribution is -0.129. The van der Waals surface area contributed by atoms with Crippen LogP contribution in [0, 0.1) is 6.92 Å². The number of aromatic nitrogens is 1. The number of rotatable bonds is 5. The molecule has 0 spiro atoms. The molecule has 1 aromatic heterocycles. The van der Waals surface area contributed by atoms with Gasteiger partial charge in [0.25, 0.3) is 0 Å². The Hall–Kier alpha value is -2.39. The van der Waals surface area contributed by atoms with Gasteiger partial charge in [0.1, 0.15) is 5.15 Å². The molecule has 25 heavy (non-hydrogen) atoms. The summed E-state index contributed by atoms with van der Waals surface area (Å²) < 4.78 is 0. The van der Waals surface area contributed by atoms with Crippen molar-refractivity contribution in [2.24, 2.45) is 0 Å². The van der Waals surface area contributed by atoms with Crippen molar-refractivity contribution in [1.82, 2.24) is 9.88 Å². The minimum Gasteiger partial charge on any atom is -0.338 e. The molecule has 0 aliphatic rings. The van der Waals surface area contributed by atoms with Crippen LogP contribution in [0.2, 0.25) is 5.15 Å². The van der Waals surface area contributed by atoms with Crippen LogP contribution in [0.15, 0.2) is 54.6 Å². The third-order valence-electron chi connectivity index (χ3n) is 4.32. The first-order chi connectivity index (χ1) is 12.0. The lowest BCUT2D eigenvalue weighted by Gasteiger charge is -2.22. The van der Waals surface area contributed by atoms with E-state index in [0.29, 0.717) is 18.2 Å². The van der Waals surface area contributed by atoms with Crippen molar-refractivity contribution in [1.29, 1.82) is 0 Å². The Labute approximate surface area is 153 Å². The van der Waals surface area contributed by atoms with E-state index in [1.807, 2.05) is 41.3 Å². The quantitative estimate of drug-likeness (QED) is 0.619. The minimum absolute atomic E-state index is 0.0383. The maximum absolute atomic E-state index is 12.1. The second kappa shape index (κ2) is 7.66. The van der Waals surface area contributed by atoms with E-state index in [9.17, 15) is 4.79 Å². The zero-order valence-corrected chi connectivity index (χ0v) is 15.3. The molecule has 0 N–H and O–H groups in total. The molecule has 0 radical (unpaired) electrons. The molecule has 3 aromatic rings. The fourth-order valence-corrected chi connectivity index (χ4v) is 3.09. The van der Waals surface area contributed by atoms with Crippen molar-refractivity contribution in [3.05, 3.63) is 76.4 Å². The third-order valence-corrected chi connectivity index (χ3v) is 4.64. The lowest BCUT2D eigenvalue weighted by atomic mass is 10.1. The summed E-state index contributed by atoms with van der Waals surface area (Å²) in [7, 11) is 0. The molecule has 0 saturated heterocycles. The van der Waals surface area contributed by atoms with Gasteiger partial charge in [-0.15, -0.1) is 0 Å². The Kier molecular flexibility index (Phi) is 5.34. The summed E-state index contributed by atoms with van der Waals surface area (Å²) in [6.07, 6.45) is 0.818. The van der Waals surface area contributed by atoms with Gasteiger partial charge < -0.3 is 4.90 Å². The van der Waals surface area contributed by atoms with Crippen molar-refractivity contribution in [2.45, 2.75) is 26.8 Å². The summed E-state index contributed by atoms with van der Waals surface area (Å²) in [6.45, 7) is 4.77. The molecule has 0 atom stereocenters. The number of aryl methyl sites for hydroxylation is 1. The number of carbonyl (C=O) groups excluding carboxylic acids is 1. The zero-order chi connectivity index (χ0) is 17.8. The monoisotopic (exact) mass is 352 g/mol. The van der Waals surface area contributed by atoms with E-state index in [4.69, 9.17) is 11.6 Å². The van der Waals surface area contributed by atoms with E-state index in [2.05, 4.69) is 30.1 Å². The van der Waals surface area contributed by atoms with Crippen molar-refractivity contribution in [2.75, 3.05) is 6.54 Å². The number of halogens is 1. The summed E-state index contributed by atoms with van der Waals surface area (Å²) in [5.74, 6) is 0.0383. The van der Waals surface area contributed by atoms with Crippen molar-refractivity contribution < 1.29 is 4.79 Å². The van der Waals surface area contributed by atoms with Gasteiger partial charge in [-0.1, -0.05) is 53.6 Å². The first-order valence-corrected chi connectivity index (χ1v) is 8.76. The molecule has 1 heterocycles. The number of hydrogen-bond donors (Lipinski definition) is 0. The van der Waals surface area contributed by atoms with Crippen molar-refractivity contribution >= 4 is 28.4 Å². The van der Waals surface area contributed by atoms with Crippen LogP contribution >= 0.6 is 11.6 Å². The Morgan fingerprint density at radius 3 is 2.60 bits per heavy atom. The second-order valence-corrected chi connectivity index (χ2v) is 6.67. The van der Waals surface area contributed by atoms with Gasteiger partial charge in [-0.3, -0.25) is 4.79 Å². The van der Waals surface area contributed by atoms with Gasteiger partial charge in [0.15, 0.2) is 0 Å². The third kappa shape index (κ3) is 4.37. The molecule has 3 nitrogen and oxygen atoms in total. The predicted molar refractivity (Wildman–Crippen MR) is 103 cm³/mol. The van der Waals surface area contributed by atoms with Crippen LogP contribution in [-0.4, -0.2) is 22.3 Å². The van der Waals surface area contributed by atoms with Crippen LogP contribution in [0.3, 0.4) is 0 Å². The summed E-state index contributed by atoms with van der Waals surface area (Å²) in [5, 5.41) is 1.51. The highest BCUT2D eigenvalue weighted by atomic mass is 35.5. The topological polar surface area (TPSA) is 33.2 Å². The average molecular weight is 353 g/mol. The first kappa shape index (κ1) is 17.4. The van der Waals surface area contributed by atoms with E-state index in [-0.39, 0.29) is 5.91 Å². The summed E-state index contributed by atoms with van der Waals surface area (Å²) in [5.41, 5.74) is 4.14. The highest BCUT2D eigenvalue weighted by Crippen LogP contribution is 2.23. The Morgan fingerprint density at radius 2 is 1.88 bits per heavy atom. The SMILES string of the molecule is CC(=O)N(CCc1ccccc1)Cc1cc2cc(C)ccc2nc1Cl. The van der Waals surface area contributed by atoms with E-state index in [1.165, 1.54) is 11.1 Å². The van der Waals surface area contributed by atoms with Crippen molar-refractivity contribution in [3.8, 4) is 0 Å². The number of fused-ring (bicyclic) bond motifs is 1. The van der Waals surface area contributed by atoms with Crippen LogP contribution in [-0.2, 0) is 17.8 Å². The van der Waals surface area contributed by atoms with Crippen LogP contribution in [0.4, 0.5) is 0 Å². The maximum atomic E-state index is 12.1. The lowest BCUT2D eigenvalue weighted by Crippen LogP contribution is -2.30. The highest BCUT2D eigenvalue weighted by Gasteiger charge is 2.13. The van der Waals surface area contributed by atoms with Gasteiger partial charge >= 0.3 is 0 Å². The minimum atomic E-state index is 0.0383. The molecule has 1 amide bonds. The Balaban J connectivity index is 1.80. The van der Waals surface area contributed by atoms with Crippen LogP contribution in [0.5, 0.6) is 0 Å². The van der Waals surface area contributed by atoms with Crippen molar-refractivity contribution in [3.63, 3.8) is 0 Å². The zero-order valence-electron chi connectivity index (χ0n) is 14.5. The summed E-state index contributed by atoms with van der Waals surface area (Å²) in [4.78, 5) is 18.4. The van der Waals surface area contributed by atoms with Gasteiger partial charge in [-0.2, -0.15) is 0 Å². The molecule has 2 aromatic carbocycles. The highest BCUT2D eigenvalue weighted by molar-refractivity contribution is 6.30. The fourth-order valence-electron chi connectivity index (χ4n) is 2.89. The number of amides is 1. The molecule has 4 heteroatoms. The predicted octanol–water partition coefficient (Wildman–Crippen LogP) is 4.79. The maximum Gasteiger partial charge on any atom is 0.219 e. The molecule has 3 rings (SSSR count). The van der Waals surface area contributed by atoms with Gasteiger partial charge in [-0.25, -0.2) is 4.98 Å². The standard InChI is InChI=1S/C21H21ClN2O/c1-15-8-9-20-18(12-15)13-19(21(22)23-20)14-24(16(2)25)11-10-17-6-4-3-5-7-17/h3-9,12-13H,10-11,14H2,1-2H3. The second-order valence-electron chi connectivity index (χ2n) is 6.31. The fraction of sp³-hybridized carbons (Fsp3) is 0.238. The molecule has 0 fully saturated rings. The van der Waals surface area contributed by atoms with E-state index < -0.39 is 0 Å². The first-order valence-electron chi connectivity index (χ1n) is 8.38. The molecular formula is C21H21ClN2O. The van der Waals surface area contributed by atoms with E-state index >= 15 is 0 Å². The normalized spacial score (nSPS) is 10.8. The molecule has 128 valence electrons. The van der Waals surface area contributed by atoms with Gasteiger partial charge in [-0.05, 0) is 37.1 Å².